The molecule has 2 nitrogen and oxygen atoms in total. The van der Waals surface area contributed by atoms with Gasteiger partial charge < -0.3 is 5.32 Å². The van der Waals surface area contributed by atoms with Gasteiger partial charge in [0.15, 0.2) is 0 Å². The average Bonchev–Trinajstić information content (AvgIpc) is 2.42. The third kappa shape index (κ3) is 3.39. The summed E-state index contributed by atoms with van der Waals surface area (Å²) < 4.78 is 0. The van der Waals surface area contributed by atoms with Gasteiger partial charge in [-0.2, -0.15) is 11.8 Å². The predicted molar refractivity (Wildman–Crippen MR) is 77.8 cm³/mol. The van der Waals surface area contributed by atoms with Crippen molar-refractivity contribution in [3.05, 3.63) is 48.0 Å². The Morgan fingerprint density at radius 2 is 2.33 bits per heavy atom. The molecule has 1 N–H and O–H groups in total. The lowest BCUT2D eigenvalue weighted by atomic mass is 10.0. The summed E-state index contributed by atoms with van der Waals surface area (Å²) in [5.41, 5.74) is 2.82. The van der Waals surface area contributed by atoms with Crippen LogP contribution in [0.3, 0.4) is 0 Å². The Balaban J connectivity index is 1.91. The standard InChI is InChI=1S/C15H19NOS/c1-2-3-8-15(17)16-11-14-13-7-5-4-6-12(13)9-10-18-14/h2,4-7,14H,1,3,8-11H2,(H,16,17)/t14-/m0/s1. The van der Waals surface area contributed by atoms with Gasteiger partial charge in [-0.25, -0.2) is 0 Å². The number of benzene rings is 1. The zero-order chi connectivity index (χ0) is 12.8. The molecule has 1 amide bonds. The quantitative estimate of drug-likeness (QED) is 0.825. The van der Waals surface area contributed by atoms with E-state index in [4.69, 9.17) is 0 Å². The van der Waals surface area contributed by atoms with Gasteiger partial charge in [0, 0.05) is 18.2 Å². The van der Waals surface area contributed by atoms with Crippen LogP contribution in [0.1, 0.15) is 29.2 Å². The maximum absolute atomic E-state index is 11.6. The van der Waals surface area contributed by atoms with Crippen molar-refractivity contribution in [3.63, 3.8) is 0 Å². The zero-order valence-electron chi connectivity index (χ0n) is 10.5. The first-order valence-electron chi connectivity index (χ1n) is 6.38. The van der Waals surface area contributed by atoms with Gasteiger partial charge in [-0.3, -0.25) is 4.79 Å². The molecule has 0 saturated heterocycles. The molecule has 96 valence electrons. The smallest absolute Gasteiger partial charge is 0.220 e. The van der Waals surface area contributed by atoms with E-state index in [2.05, 4.69) is 36.2 Å². The van der Waals surface area contributed by atoms with Crippen LogP contribution in [0.5, 0.6) is 0 Å². The van der Waals surface area contributed by atoms with Gasteiger partial charge in [0.1, 0.15) is 0 Å². The third-order valence-electron chi connectivity index (χ3n) is 3.15. The first-order chi connectivity index (χ1) is 8.81. The van der Waals surface area contributed by atoms with Gasteiger partial charge in [-0.1, -0.05) is 30.3 Å². The van der Waals surface area contributed by atoms with Crippen LogP contribution in [0.4, 0.5) is 0 Å². The molecule has 0 aromatic heterocycles. The van der Waals surface area contributed by atoms with Gasteiger partial charge in [-0.05, 0) is 29.7 Å². The first kappa shape index (κ1) is 13.2. The van der Waals surface area contributed by atoms with Crippen molar-refractivity contribution >= 4 is 17.7 Å². The molecule has 0 bridgehead atoms. The number of aryl methyl sites for hydroxylation is 1. The molecule has 1 aliphatic heterocycles. The second-order valence-corrected chi connectivity index (χ2v) is 5.75. The van der Waals surface area contributed by atoms with Gasteiger partial charge in [0.25, 0.3) is 0 Å². The minimum atomic E-state index is 0.124. The SMILES string of the molecule is C=CCCC(=O)NC[C@@H]1SCCc2ccccc21. The van der Waals surface area contributed by atoms with E-state index < -0.39 is 0 Å². The highest BCUT2D eigenvalue weighted by Gasteiger charge is 2.20. The molecule has 1 atom stereocenters. The molecule has 2 rings (SSSR count). The van der Waals surface area contributed by atoms with E-state index in [0.717, 1.165) is 25.1 Å². The molecular weight excluding hydrogens is 242 g/mol. The number of carbonyl (C=O) groups is 1. The van der Waals surface area contributed by atoms with E-state index in [-0.39, 0.29) is 5.91 Å². The normalized spacial score (nSPS) is 17.9. The van der Waals surface area contributed by atoms with Crippen LogP contribution in [0.2, 0.25) is 0 Å². The first-order valence-corrected chi connectivity index (χ1v) is 7.43. The minimum Gasteiger partial charge on any atom is -0.355 e. The predicted octanol–water partition coefficient (Wildman–Crippen LogP) is 3.10. The lowest BCUT2D eigenvalue weighted by molar-refractivity contribution is -0.120. The summed E-state index contributed by atoms with van der Waals surface area (Å²) in [5, 5.41) is 3.43. The third-order valence-corrected chi connectivity index (χ3v) is 4.42. The molecule has 1 aromatic rings. The van der Waals surface area contributed by atoms with Crippen molar-refractivity contribution in [2.45, 2.75) is 24.5 Å². The average molecular weight is 261 g/mol. The largest absolute Gasteiger partial charge is 0.355 e. The van der Waals surface area contributed by atoms with Crippen LogP contribution in [0, 0.1) is 0 Å². The van der Waals surface area contributed by atoms with Crippen LogP contribution in [0.15, 0.2) is 36.9 Å². The number of carbonyl (C=O) groups excluding carboxylic acids is 1. The second kappa shape index (κ2) is 6.64. The van der Waals surface area contributed by atoms with Crippen LogP contribution >= 0.6 is 11.8 Å². The molecule has 3 heteroatoms. The number of thioether (sulfide) groups is 1. The Morgan fingerprint density at radius 1 is 1.50 bits per heavy atom. The van der Waals surface area contributed by atoms with E-state index in [1.54, 1.807) is 6.08 Å². The number of nitrogens with one attached hydrogen (secondary N) is 1. The molecule has 0 radical (unpaired) electrons. The van der Waals surface area contributed by atoms with Gasteiger partial charge in [0.2, 0.25) is 5.91 Å². The van der Waals surface area contributed by atoms with Gasteiger partial charge in [0.05, 0.1) is 0 Å². The Kier molecular flexibility index (Phi) is 4.88. The Labute approximate surface area is 113 Å². The van der Waals surface area contributed by atoms with Gasteiger partial charge >= 0.3 is 0 Å². The molecule has 0 unspecified atom stereocenters. The fourth-order valence-corrected chi connectivity index (χ4v) is 3.41. The Hall–Kier alpha value is -1.22. The van der Waals surface area contributed by atoms with Crippen molar-refractivity contribution in [2.75, 3.05) is 12.3 Å². The Morgan fingerprint density at radius 3 is 3.17 bits per heavy atom. The highest BCUT2D eigenvalue weighted by Crippen LogP contribution is 2.35. The molecule has 0 spiro atoms. The minimum absolute atomic E-state index is 0.124. The maximum atomic E-state index is 11.6. The lowest BCUT2D eigenvalue weighted by Gasteiger charge is -2.25. The number of rotatable bonds is 5. The fourth-order valence-electron chi connectivity index (χ4n) is 2.17. The molecule has 0 aliphatic carbocycles. The van der Waals surface area contributed by atoms with Gasteiger partial charge in [-0.15, -0.1) is 6.58 Å². The van der Waals surface area contributed by atoms with Crippen molar-refractivity contribution in [1.29, 1.82) is 0 Å². The summed E-state index contributed by atoms with van der Waals surface area (Å²) in [6, 6.07) is 8.55. The van der Waals surface area contributed by atoms with Crippen molar-refractivity contribution < 1.29 is 4.79 Å². The number of hydrogen-bond acceptors (Lipinski definition) is 2. The summed E-state index contributed by atoms with van der Waals surface area (Å²) in [6.45, 7) is 4.36. The Bertz CT molecular complexity index is 430. The summed E-state index contributed by atoms with van der Waals surface area (Å²) in [4.78, 5) is 11.6. The summed E-state index contributed by atoms with van der Waals surface area (Å²) in [6.07, 6.45) is 4.22. The van der Waals surface area contributed by atoms with Crippen LogP contribution < -0.4 is 5.32 Å². The van der Waals surface area contributed by atoms with Crippen LogP contribution in [-0.2, 0) is 11.2 Å². The van der Waals surface area contributed by atoms with E-state index in [1.807, 2.05) is 11.8 Å². The van der Waals surface area contributed by atoms with E-state index in [9.17, 15) is 4.79 Å². The van der Waals surface area contributed by atoms with Crippen molar-refractivity contribution in [3.8, 4) is 0 Å². The van der Waals surface area contributed by atoms with E-state index in [1.165, 1.54) is 11.1 Å². The maximum Gasteiger partial charge on any atom is 0.220 e. The molecule has 0 fully saturated rings. The topological polar surface area (TPSA) is 29.1 Å². The van der Waals surface area contributed by atoms with Crippen molar-refractivity contribution in [1.82, 2.24) is 5.32 Å². The molecule has 1 aliphatic rings. The van der Waals surface area contributed by atoms with E-state index >= 15 is 0 Å². The molecule has 18 heavy (non-hydrogen) atoms. The monoisotopic (exact) mass is 261 g/mol. The summed E-state index contributed by atoms with van der Waals surface area (Å²) >= 11 is 1.94. The number of fused-ring (bicyclic) bond motifs is 1. The molecule has 1 aromatic carbocycles. The molecule has 1 heterocycles. The van der Waals surface area contributed by atoms with Crippen LogP contribution in [-0.4, -0.2) is 18.2 Å². The summed E-state index contributed by atoms with van der Waals surface area (Å²) in [7, 11) is 0. The fraction of sp³-hybridized carbons (Fsp3) is 0.400. The van der Waals surface area contributed by atoms with E-state index in [0.29, 0.717) is 11.7 Å². The number of hydrogen-bond donors (Lipinski definition) is 1. The number of allylic oxidation sites excluding steroid dienone is 1. The lowest BCUT2D eigenvalue weighted by Crippen LogP contribution is -2.28. The van der Waals surface area contributed by atoms with Crippen molar-refractivity contribution in [2.24, 2.45) is 0 Å². The zero-order valence-corrected chi connectivity index (χ0v) is 11.3. The highest BCUT2D eigenvalue weighted by atomic mass is 32.2. The number of amides is 1. The second-order valence-electron chi connectivity index (χ2n) is 4.44. The summed E-state index contributed by atoms with van der Waals surface area (Å²) in [5.74, 6) is 1.27. The highest BCUT2D eigenvalue weighted by molar-refractivity contribution is 7.99. The van der Waals surface area contributed by atoms with Crippen LogP contribution in [0.25, 0.3) is 0 Å². The molecular formula is C15H19NOS. The molecule has 0 saturated carbocycles.